The van der Waals surface area contributed by atoms with Crippen LogP contribution in [0, 0.1) is 11.6 Å². The second-order valence-electron chi connectivity index (χ2n) is 11.3. The molecule has 1 aliphatic heterocycles. The summed E-state index contributed by atoms with van der Waals surface area (Å²) >= 11 is 0. The van der Waals surface area contributed by atoms with E-state index >= 15 is 0 Å². The number of benzene rings is 3. The van der Waals surface area contributed by atoms with Crippen molar-refractivity contribution in [2.75, 3.05) is 43.2 Å². The molecule has 244 valence electrons. The summed E-state index contributed by atoms with van der Waals surface area (Å²) < 4.78 is 56.3. The largest absolute Gasteiger partial charge is 0.468 e. The molecule has 10 nitrogen and oxygen atoms in total. The maximum Gasteiger partial charge on any atom is 0.325 e. The lowest BCUT2D eigenvalue weighted by Crippen LogP contribution is -2.35. The van der Waals surface area contributed by atoms with Gasteiger partial charge in [0.2, 0.25) is 0 Å². The van der Waals surface area contributed by atoms with E-state index < -0.39 is 28.7 Å². The number of methoxy groups -OCH3 is 1. The molecule has 0 radical (unpaired) electrons. The standard InChI is InChI=1S/C35H29F2N5O5S/c1-38-35(44)32-23-14-22(28(40(2)48(4)45)16-30(23)47-34(32)19-8-10-20(36)11-9-19)25-12-13-27-33(39-25)29-15-21-24(37)6-5-7-26(21)42(29)18-41(27)17-31(43)46-3/h5-16H,17-18H2,1-4H3,(H,38,44). The number of furan rings is 1. The number of amides is 1. The van der Waals surface area contributed by atoms with Gasteiger partial charge in [0.15, 0.2) is 0 Å². The zero-order valence-electron chi connectivity index (χ0n) is 26.3. The Morgan fingerprint density at radius 2 is 1.83 bits per heavy atom. The maximum absolute atomic E-state index is 15.0. The Morgan fingerprint density at radius 3 is 2.54 bits per heavy atom. The van der Waals surface area contributed by atoms with Gasteiger partial charge in [0.25, 0.3) is 5.91 Å². The average Bonchev–Trinajstić information content (AvgIpc) is 3.66. The topological polar surface area (TPSA) is 110 Å². The number of nitrogens with one attached hydrogen (secondary N) is 1. The molecule has 48 heavy (non-hydrogen) atoms. The van der Waals surface area contributed by atoms with E-state index in [-0.39, 0.29) is 30.4 Å². The molecule has 6 aromatic rings. The minimum Gasteiger partial charge on any atom is -0.468 e. The van der Waals surface area contributed by atoms with Gasteiger partial charge in [-0.2, -0.15) is 0 Å². The quantitative estimate of drug-likeness (QED) is 0.205. The highest BCUT2D eigenvalue weighted by atomic mass is 32.2. The van der Waals surface area contributed by atoms with Gasteiger partial charge < -0.3 is 23.9 Å². The summed E-state index contributed by atoms with van der Waals surface area (Å²) in [5.74, 6) is -1.43. The first kappa shape index (κ1) is 31.1. The van der Waals surface area contributed by atoms with Crippen LogP contribution in [0.1, 0.15) is 10.4 Å². The van der Waals surface area contributed by atoms with Crippen LogP contribution < -0.4 is 14.5 Å². The number of hydrogen-bond donors (Lipinski definition) is 1. The van der Waals surface area contributed by atoms with Crippen LogP contribution in [-0.2, 0) is 27.2 Å². The molecule has 1 aliphatic rings. The Labute approximate surface area is 276 Å². The first-order valence-corrected chi connectivity index (χ1v) is 16.4. The predicted molar refractivity (Wildman–Crippen MR) is 181 cm³/mol. The Morgan fingerprint density at radius 1 is 1.06 bits per heavy atom. The van der Waals surface area contributed by atoms with Crippen LogP contribution in [0.2, 0.25) is 0 Å². The summed E-state index contributed by atoms with van der Waals surface area (Å²) in [6, 6.07) is 19.3. The second-order valence-corrected chi connectivity index (χ2v) is 12.7. The van der Waals surface area contributed by atoms with Gasteiger partial charge in [-0.25, -0.2) is 18.0 Å². The van der Waals surface area contributed by atoms with E-state index in [4.69, 9.17) is 14.1 Å². The van der Waals surface area contributed by atoms with E-state index in [1.807, 2.05) is 16.7 Å². The lowest BCUT2D eigenvalue weighted by atomic mass is 10.00. The number of aromatic nitrogens is 2. The van der Waals surface area contributed by atoms with E-state index in [0.717, 1.165) is 0 Å². The van der Waals surface area contributed by atoms with Crippen LogP contribution in [0.3, 0.4) is 0 Å². The van der Waals surface area contributed by atoms with Crippen molar-refractivity contribution < 1.29 is 31.7 Å². The number of halogens is 2. The number of nitrogens with zero attached hydrogens (tertiary/aromatic N) is 4. The summed E-state index contributed by atoms with van der Waals surface area (Å²) in [6.45, 7) is 0.196. The molecule has 3 aromatic carbocycles. The van der Waals surface area contributed by atoms with Gasteiger partial charge in [0, 0.05) is 48.3 Å². The van der Waals surface area contributed by atoms with Crippen molar-refractivity contribution in [3.63, 3.8) is 0 Å². The molecule has 0 saturated heterocycles. The van der Waals surface area contributed by atoms with Crippen molar-refractivity contribution >= 4 is 56.1 Å². The lowest BCUT2D eigenvalue weighted by molar-refractivity contribution is -0.139. The van der Waals surface area contributed by atoms with Crippen LogP contribution >= 0.6 is 0 Å². The maximum atomic E-state index is 15.0. The molecule has 1 N–H and O–H groups in total. The van der Waals surface area contributed by atoms with Crippen molar-refractivity contribution in [3.8, 4) is 34.0 Å². The lowest BCUT2D eigenvalue weighted by Gasteiger charge is -2.32. The monoisotopic (exact) mass is 669 g/mol. The molecule has 0 aliphatic carbocycles. The van der Waals surface area contributed by atoms with Gasteiger partial charge in [-0.1, -0.05) is 6.07 Å². The molecular weight excluding hydrogens is 640 g/mol. The summed E-state index contributed by atoms with van der Waals surface area (Å²) in [7, 11) is 3.03. The third-order valence-corrected chi connectivity index (χ3v) is 9.55. The fourth-order valence-electron chi connectivity index (χ4n) is 6.14. The van der Waals surface area contributed by atoms with Crippen molar-refractivity contribution in [2.24, 2.45) is 0 Å². The number of hydrogen-bond acceptors (Lipinski definition) is 7. The predicted octanol–water partition coefficient (Wildman–Crippen LogP) is 6.10. The second kappa shape index (κ2) is 11.9. The van der Waals surface area contributed by atoms with E-state index in [0.29, 0.717) is 61.5 Å². The Kier molecular flexibility index (Phi) is 7.71. The number of carbonyl (C=O) groups is 2. The molecule has 0 bridgehead atoms. The van der Waals surface area contributed by atoms with Crippen LogP contribution in [0.15, 0.2) is 77.2 Å². The minimum atomic E-state index is -1.46. The minimum absolute atomic E-state index is 0.0651. The summed E-state index contributed by atoms with van der Waals surface area (Å²) in [4.78, 5) is 32.6. The zero-order valence-corrected chi connectivity index (χ0v) is 27.2. The summed E-state index contributed by atoms with van der Waals surface area (Å²) in [5, 5.41) is 3.54. The molecular formula is C35H29F2N5O5S. The SMILES string of the molecule is CNC(=O)c1c(-c2ccc(F)cc2)oc2cc(N(C)S(C)=O)c(-c3ccc4c(n3)-c3cc5c(F)cccc5n3CN4CC(=O)OC)cc12. The zero-order chi connectivity index (χ0) is 33.9. The first-order chi connectivity index (χ1) is 23.1. The van der Waals surface area contributed by atoms with E-state index in [9.17, 15) is 22.6 Å². The molecule has 0 saturated carbocycles. The normalized spacial score (nSPS) is 12.9. The Hall–Kier alpha value is -5.56. The van der Waals surface area contributed by atoms with Crippen LogP contribution in [0.4, 0.5) is 20.2 Å². The first-order valence-electron chi connectivity index (χ1n) is 14.9. The molecule has 7 rings (SSSR count). The number of esters is 1. The molecule has 0 fully saturated rings. The van der Waals surface area contributed by atoms with Gasteiger partial charge in [-0.3, -0.25) is 13.9 Å². The molecule has 3 aromatic heterocycles. The van der Waals surface area contributed by atoms with Crippen LogP contribution in [0.5, 0.6) is 0 Å². The van der Waals surface area contributed by atoms with Crippen molar-refractivity contribution in [3.05, 3.63) is 90.0 Å². The van der Waals surface area contributed by atoms with Gasteiger partial charge >= 0.3 is 5.97 Å². The van der Waals surface area contributed by atoms with Crippen LogP contribution in [-0.4, -0.2) is 59.6 Å². The number of pyridine rings is 1. The van der Waals surface area contributed by atoms with Gasteiger partial charge in [0.05, 0.1) is 47.6 Å². The molecule has 1 atom stereocenters. The highest BCUT2D eigenvalue weighted by molar-refractivity contribution is 7.85. The fourth-order valence-corrected chi connectivity index (χ4v) is 6.56. The number of carbonyl (C=O) groups excluding carboxylic acids is 2. The fraction of sp³-hybridized carbons (Fsp3) is 0.171. The van der Waals surface area contributed by atoms with E-state index in [2.05, 4.69) is 5.32 Å². The molecule has 1 amide bonds. The number of rotatable bonds is 7. The van der Waals surface area contributed by atoms with E-state index in [1.54, 1.807) is 46.6 Å². The number of anilines is 2. The van der Waals surface area contributed by atoms with Gasteiger partial charge in [-0.05, 0) is 60.7 Å². The Balaban J connectivity index is 1.49. The van der Waals surface area contributed by atoms with E-state index in [1.165, 1.54) is 50.7 Å². The smallest absolute Gasteiger partial charge is 0.325 e. The molecule has 13 heteroatoms. The average molecular weight is 670 g/mol. The highest BCUT2D eigenvalue weighted by Gasteiger charge is 2.30. The van der Waals surface area contributed by atoms with Crippen molar-refractivity contribution in [1.82, 2.24) is 14.9 Å². The van der Waals surface area contributed by atoms with Crippen molar-refractivity contribution in [1.29, 1.82) is 0 Å². The number of ether oxygens (including phenoxy) is 1. The van der Waals surface area contributed by atoms with Crippen molar-refractivity contribution in [2.45, 2.75) is 6.67 Å². The molecule has 4 heterocycles. The summed E-state index contributed by atoms with van der Waals surface area (Å²) in [5.41, 5.74) is 5.03. The highest BCUT2D eigenvalue weighted by Crippen LogP contribution is 2.44. The van der Waals surface area contributed by atoms with Crippen LogP contribution in [0.25, 0.3) is 55.8 Å². The third kappa shape index (κ3) is 5.07. The molecule has 1 unspecified atom stereocenters. The molecule has 0 spiro atoms. The summed E-state index contributed by atoms with van der Waals surface area (Å²) in [6.07, 6.45) is 1.54. The Bertz CT molecular complexity index is 2300. The number of fused-ring (bicyclic) bond motifs is 6. The van der Waals surface area contributed by atoms with Gasteiger partial charge in [0.1, 0.15) is 46.2 Å². The third-order valence-electron chi connectivity index (χ3n) is 8.58. The van der Waals surface area contributed by atoms with Gasteiger partial charge in [-0.15, -0.1) is 0 Å².